The number of piperidine rings is 1. The summed E-state index contributed by atoms with van der Waals surface area (Å²) in [5, 5.41) is 7.85. The number of likely N-dealkylation sites (tertiary alicyclic amines) is 1. The maximum Gasteiger partial charge on any atom is 0.255 e. The van der Waals surface area contributed by atoms with Crippen molar-refractivity contribution >= 4 is 17.5 Å². The summed E-state index contributed by atoms with van der Waals surface area (Å²) < 4.78 is 1.61. The number of halogens is 1. The number of pyridine rings is 1. The number of hydrogen-bond acceptors (Lipinski definition) is 4. The molecule has 1 unspecified atom stereocenters. The van der Waals surface area contributed by atoms with Crippen molar-refractivity contribution in [1.82, 2.24) is 24.6 Å². The summed E-state index contributed by atoms with van der Waals surface area (Å²) in [5.74, 6) is 0.511. The van der Waals surface area contributed by atoms with E-state index < -0.39 is 0 Å². The van der Waals surface area contributed by atoms with Gasteiger partial charge in [-0.3, -0.25) is 9.36 Å². The van der Waals surface area contributed by atoms with Gasteiger partial charge < -0.3 is 4.90 Å². The highest BCUT2D eigenvalue weighted by Crippen LogP contribution is 2.23. The lowest BCUT2D eigenvalue weighted by Gasteiger charge is -2.33. The Morgan fingerprint density at radius 1 is 1.33 bits per heavy atom. The molecule has 3 heterocycles. The SMILES string of the molecule is CC1CCCCN1C(=O)c1cnc(-n2cnnc2)c(Cl)c1. The fourth-order valence-electron chi connectivity index (χ4n) is 2.61. The number of rotatable bonds is 2. The standard InChI is InChI=1S/C14H16ClN5O/c1-10-4-2-3-5-20(10)14(21)11-6-12(15)13(16-7-11)19-8-17-18-9-19/h6-10H,2-5H2,1H3. The van der Waals surface area contributed by atoms with Crippen LogP contribution < -0.4 is 0 Å². The summed E-state index contributed by atoms with van der Waals surface area (Å²) in [6.45, 7) is 2.88. The van der Waals surface area contributed by atoms with Crippen LogP contribution in [0.4, 0.5) is 0 Å². The first kappa shape index (κ1) is 14.0. The molecule has 1 amide bonds. The molecule has 1 saturated heterocycles. The van der Waals surface area contributed by atoms with Gasteiger partial charge in [0.1, 0.15) is 12.7 Å². The van der Waals surface area contributed by atoms with Gasteiger partial charge in [-0.2, -0.15) is 0 Å². The van der Waals surface area contributed by atoms with Crippen LogP contribution in [0.2, 0.25) is 5.02 Å². The van der Waals surface area contributed by atoms with Crippen LogP contribution in [0.3, 0.4) is 0 Å². The zero-order valence-electron chi connectivity index (χ0n) is 11.7. The van der Waals surface area contributed by atoms with Crippen molar-refractivity contribution in [2.75, 3.05) is 6.54 Å². The molecule has 110 valence electrons. The first-order valence-corrected chi connectivity index (χ1v) is 7.36. The van der Waals surface area contributed by atoms with Crippen LogP contribution in [0.1, 0.15) is 36.5 Å². The van der Waals surface area contributed by atoms with E-state index in [4.69, 9.17) is 11.6 Å². The van der Waals surface area contributed by atoms with Crippen LogP contribution >= 0.6 is 11.6 Å². The van der Waals surface area contributed by atoms with Crippen molar-refractivity contribution in [3.8, 4) is 5.82 Å². The smallest absolute Gasteiger partial charge is 0.255 e. The van der Waals surface area contributed by atoms with E-state index in [1.54, 1.807) is 16.8 Å². The molecule has 1 atom stereocenters. The third kappa shape index (κ3) is 2.76. The van der Waals surface area contributed by atoms with Gasteiger partial charge >= 0.3 is 0 Å². The van der Waals surface area contributed by atoms with Crippen LogP contribution in [0.15, 0.2) is 24.9 Å². The molecule has 0 radical (unpaired) electrons. The van der Waals surface area contributed by atoms with Crippen molar-refractivity contribution in [2.24, 2.45) is 0 Å². The van der Waals surface area contributed by atoms with Gasteiger partial charge in [0, 0.05) is 18.8 Å². The maximum absolute atomic E-state index is 12.6. The fraction of sp³-hybridized carbons (Fsp3) is 0.429. The topological polar surface area (TPSA) is 63.9 Å². The van der Waals surface area contributed by atoms with Crippen LogP contribution in [-0.4, -0.2) is 43.1 Å². The normalized spacial score (nSPS) is 18.8. The Morgan fingerprint density at radius 2 is 2.10 bits per heavy atom. The number of amides is 1. The second kappa shape index (κ2) is 5.81. The molecule has 0 aliphatic carbocycles. The van der Waals surface area contributed by atoms with Crippen molar-refractivity contribution in [3.63, 3.8) is 0 Å². The Kier molecular flexibility index (Phi) is 3.88. The monoisotopic (exact) mass is 305 g/mol. The fourth-order valence-corrected chi connectivity index (χ4v) is 2.88. The molecule has 0 bridgehead atoms. The number of aromatic nitrogens is 4. The summed E-state index contributed by atoms with van der Waals surface area (Å²) in [6, 6.07) is 1.93. The average Bonchev–Trinajstić information content (AvgIpc) is 3.01. The Morgan fingerprint density at radius 3 is 2.76 bits per heavy atom. The quantitative estimate of drug-likeness (QED) is 0.854. The van der Waals surface area contributed by atoms with E-state index >= 15 is 0 Å². The molecule has 0 saturated carbocycles. The summed E-state index contributed by atoms with van der Waals surface area (Å²) in [6.07, 6.45) is 7.87. The molecule has 0 N–H and O–H groups in total. The summed E-state index contributed by atoms with van der Waals surface area (Å²) in [5.41, 5.74) is 0.519. The van der Waals surface area contributed by atoms with Gasteiger partial charge in [-0.05, 0) is 32.3 Å². The Bertz CT molecular complexity index is 643. The zero-order chi connectivity index (χ0) is 14.8. The number of hydrogen-bond donors (Lipinski definition) is 0. The van der Waals surface area contributed by atoms with Gasteiger partial charge in [-0.25, -0.2) is 4.98 Å². The van der Waals surface area contributed by atoms with Gasteiger partial charge in [0.05, 0.1) is 10.6 Å². The number of nitrogens with zero attached hydrogens (tertiary/aromatic N) is 5. The van der Waals surface area contributed by atoms with Crippen molar-refractivity contribution in [1.29, 1.82) is 0 Å². The molecule has 0 aromatic carbocycles. The predicted molar refractivity (Wildman–Crippen MR) is 78.5 cm³/mol. The molecule has 2 aromatic rings. The van der Waals surface area contributed by atoms with Gasteiger partial charge in [0.25, 0.3) is 5.91 Å². The largest absolute Gasteiger partial charge is 0.336 e. The maximum atomic E-state index is 12.6. The van der Waals surface area contributed by atoms with E-state index in [9.17, 15) is 4.79 Å². The van der Waals surface area contributed by atoms with Crippen LogP contribution in [0.5, 0.6) is 0 Å². The summed E-state index contributed by atoms with van der Waals surface area (Å²) >= 11 is 6.23. The van der Waals surface area contributed by atoms with Gasteiger partial charge in [-0.1, -0.05) is 11.6 Å². The number of carbonyl (C=O) groups excluding carboxylic acids is 1. The molecule has 1 aliphatic heterocycles. The van der Waals surface area contributed by atoms with E-state index in [-0.39, 0.29) is 11.9 Å². The van der Waals surface area contributed by atoms with Crippen LogP contribution in [0, 0.1) is 0 Å². The van der Waals surface area contributed by atoms with E-state index in [0.717, 1.165) is 19.4 Å². The van der Waals surface area contributed by atoms with Crippen molar-refractivity contribution < 1.29 is 4.79 Å². The van der Waals surface area contributed by atoms with Crippen molar-refractivity contribution in [2.45, 2.75) is 32.2 Å². The number of carbonyl (C=O) groups is 1. The lowest BCUT2D eigenvalue weighted by atomic mass is 10.0. The van der Waals surface area contributed by atoms with Gasteiger partial charge in [0.15, 0.2) is 5.82 Å². The minimum Gasteiger partial charge on any atom is -0.336 e. The lowest BCUT2D eigenvalue weighted by molar-refractivity contribution is 0.0635. The van der Waals surface area contributed by atoms with Crippen LogP contribution in [0.25, 0.3) is 5.82 Å². The second-order valence-electron chi connectivity index (χ2n) is 5.24. The Balaban J connectivity index is 1.86. The third-order valence-corrected chi connectivity index (χ3v) is 4.07. The minimum atomic E-state index is -0.00749. The average molecular weight is 306 g/mol. The van der Waals surface area contributed by atoms with E-state index in [1.165, 1.54) is 19.1 Å². The highest BCUT2D eigenvalue weighted by Gasteiger charge is 2.25. The molecule has 1 fully saturated rings. The molecular weight excluding hydrogens is 290 g/mol. The third-order valence-electron chi connectivity index (χ3n) is 3.80. The second-order valence-corrected chi connectivity index (χ2v) is 5.65. The molecular formula is C14H16ClN5O. The zero-order valence-corrected chi connectivity index (χ0v) is 12.5. The molecule has 1 aliphatic rings. The molecule has 0 spiro atoms. The summed E-state index contributed by atoms with van der Waals surface area (Å²) in [7, 11) is 0. The lowest BCUT2D eigenvalue weighted by Crippen LogP contribution is -2.42. The van der Waals surface area contributed by atoms with Crippen molar-refractivity contribution in [3.05, 3.63) is 35.5 Å². The predicted octanol–water partition coefficient (Wildman–Crippen LogP) is 2.33. The van der Waals surface area contributed by atoms with E-state index in [2.05, 4.69) is 22.1 Å². The summed E-state index contributed by atoms with van der Waals surface area (Å²) in [4.78, 5) is 18.7. The highest BCUT2D eigenvalue weighted by atomic mass is 35.5. The van der Waals surface area contributed by atoms with E-state index in [1.807, 2.05) is 4.90 Å². The van der Waals surface area contributed by atoms with Gasteiger partial charge in [0.2, 0.25) is 0 Å². The molecule has 2 aromatic heterocycles. The highest BCUT2D eigenvalue weighted by molar-refractivity contribution is 6.32. The van der Waals surface area contributed by atoms with E-state index in [0.29, 0.717) is 16.4 Å². The minimum absolute atomic E-state index is 0.00749. The van der Waals surface area contributed by atoms with Gasteiger partial charge in [-0.15, -0.1) is 10.2 Å². The Hall–Kier alpha value is -1.95. The first-order valence-electron chi connectivity index (χ1n) is 6.98. The molecule has 3 rings (SSSR count). The molecule has 6 nitrogen and oxygen atoms in total. The first-order chi connectivity index (χ1) is 10.2. The Labute approximate surface area is 127 Å². The molecule has 21 heavy (non-hydrogen) atoms. The van der Waals surface area contributed by atoms with Crippen LogP contribution in [-0.2, 0) is 0 Å². The molecule has 7 heteroatoms.